The first-order chi connectivity index (χ1) is 13.2. The zero-order valence-corrected chi connectivity index (χ0v) is 17.4. The predicted molar refractivity (Wildman–Crippen MR) is 116 cm³/mol. The Morgan fingerprint density at radius 3 is 2.93 bits per heavy atom. The highest BCUT2D eigenvalue weighted by atomic mass is 35.5. The molecule has 156 valence electrons. The lowest BCUT2D eigenvalue weighted by atomic mass is 10.2. The second kappa shape index (κ2) is 10.4. The van der Waals surface area contributed by atoms with Crippen molar-refractivity contribution in [3.05, 3.63) is 57.8 Å². The second-order valence-electron chi connectivity index (χ2n) is 6.69. The lowest BCUT2D eigenvalue weighted by Gasteiger charge is -2.04. The zero-order valence-electron chi connectivity index (χ0n) is 15.8. The molecule has 1 aliphatic heterocycles. The van der Waals surface area contributed by atoms with Crippen LogP contribution in [-0.4, -0.2) is 32.2 Å². The molecule has 0 saturated heterocycles. The van der Waals surface area contributed by atoms with Crippen LogP contribution in [0.3, 0.4) is 0 Å². The number of H-pyrrole nitrogens is 1. The molecule has 0 atom stereocenters. The van der Waals surface area contributed by atoms with Crippen LogP contribution in [0.1, 0.15) is 29.9 Å². The van der Waals surface area contributed by atoms with Gasteiger partial charge in [-0.2, -0.15) is 5.10 Å². The van der Waals surface area contributed by atoms with Gasteiger partial charge < -0.3 is 15.6 Å². The second-order valence-corrected chi connectivity index (χ2v) is 6.69. The highest BCUT2D eigenvalue weighted by Gasteiger charge is 2.12. The van der Waals surface area contributed by atoms with E-state index in [-0.39, 0.29) is 42.7 Å². The van der Waals surface area contributed by atoms with E-state index in [4.69, 9.17) is 0 Å². The fourth-order valence-electron chi connectivity index (χ4n) is 3.25. The molecule has 0 unspecified atom stereocenters. The average molecular weight is 439 g/mol. The average Bonchev–Trinajstić information content (AvgIpc) is 2.93. The first-order valence-electron chi connectivity index (χ1n) is 9.20. The van der Waals surface area contributed by atoms with Gasteiger partial charge in [0, 0.05) is 25.9 Å². The van der Waals surface area contributed by atoms with Crippen LogP contribution in [0.15, 0.2) is 35.1 Å². The maximum Gasteiger partial charge on any atom is 0.270 e. The topological polar surface area (TPSA) is 105 Å². The van der Waals surface area contributed by atoms with Crippen molar-refractivity contribution in [2.75, 3.05) is 6.54 Å². The lowest BCUT2D eigenvalue weighted by molar-refractivity contribution is -0.121. The molecule has 0 radical (unpaired) electrons. The molecule has 2 aromatic heterocycles. The summed E-state index contributed by atoms with van der Waals surface area (Å²) in [5.41, 5.74) is 3.55. The van der Waals surface area contributed by atoms with Gasteiger partial charge in [-0.3, -0.25) is 14.3 Å². The number of amides is 1. The summed E-state index contributed by atoms with van der Waals surface area (Å²) in [6.45, 7) is 3.09. The number of carbonyl (C=O) groups is 1. The van der Waals surface area contributed by atoms with Crippen LogP contribution in [0.2, 0.25) is 0 Å². The molecule has 0 aliphatic carbocycles. The molecule has 3 heterocycles. The summed E-state index contributed by atoms with van der Waals surface area (Å²) in [5.74, 6) is -0.120. The summed E-state index contributed by atoms with van der Waals surface area (Å²) < 4.78 is 2.00. The summed E-state index contributed by atoms with van der Waals surface area (Å²) in [6, 6.07) is 9.38. The van der Waals surface area contributed by atoms with Crippen molar-refractivity contribution >= 4 is 41.8 Å². The fourth-order valence-corrected chi connectivity index (χ4v) is 3.25. The van der Waals surface area contributed by atoms with Gasteiger partial charge in [-0.15, -0.1) is 24.8 Å². The smallest absolute Gasteiger partial charge is 0.270 e. The van der Waals surface area contributed by atoms with Crippen LogP contribution < -0.4 is 16.2 Å². The van der Waals surface area contributed by atoms with E-state index in [9.17, 15) is 9.59 Å². The molecule has 1 aliphatic rings. The number of rotatable bonds is 5. The number of fused-ring (bicyclic) bond motifs is 2. The Labute approximate surface area is 180 Å². The number of hydrogen-bond donors (Lipinski definition) is 3. The van der Waals surface area contributed by atoms with Crippen molar-refractivity contribution in [3.8, 4) is 0 Å². The van der Waals surface area contributed by atoms with Gasteiger partial charge in [-0.05, 0) is 31.2 Å². The summed E-state index contributed by atoms with van der Waals surface area (Å²) in [5, 5.41) is 10.8. The number of aryl methyl sites for hydroxylation is 2. The normalized spacial score (nSPS) is 13.0. The number of nitrogens with one attached hydrogen (secondary N) is 3. The maximum atomic E-state index is 12.2. The Hall–Kier alpha value is -2.42. The summed E-state index contributed by atoms with van der Waals surface area (Å²) in [7, 11) is 0. The minimum atomic E-state index is -0.244. The highest BCUT2D eigenvalue weighted by molar-refractivity contribution is 5.85. The number of halogens is 2. The molecule has 0 bridgehead atoms. The Morgan fingerprint density at radius 2 is 2.07 bits per heavy atom. The number of aromatic nitrogens is 4. The molecule has 10 heteroatoms. The SMILES string of the molecule is Cl.Cl.O=C(CCc1nc2ccccc2[nH]c1=O)NCc1cc2n(n1)CCCNC2. The molecule has 3 N–H and O–H groups in total. The minimum absolute atomic E-state index is 0. The Balaban J connectivity index is 0.00000150. The number of benzene rings is 1. The van der Waals surface area contributed by atoms with Gasteiger partial charge in [0.05, 0.1) is 29.0 Å². The van der Waals surface area contributed by atoms with Gasteiger partial charge in [0.15, 0.2) is 0 Å². The number of carbonyl (C=O) groups excluding carboxylic acids is 1. The lowest BCUT2D eigenvalue weighted by Crippen LogP contribution is -2.25. The van der Waals surface area contributed by atoms with E-state index in [1.54, 1.807) is 0 Å². The summed E-state index contributed by atoms with van der Waals surface area (Å²) in [4.78, 5) is 31.4. The third-order valence-corrected chi connectivity index (χ3v) is 4.67. The molecule has 4 rings (SSSR count). The standard InChI is InChI=1S/C19H22N6O2.2ClH/c26-18(21-11-13-10-14-12-20-8-3-9-25(14)24-13)7-6-17-19(27)23-16-5-2-1-4-15(16)22-17;;/h1-2,4-5,10,20H,3,6-9,11-12H2,(H,21,26)(H,23,27);2*1H. The molecule has 8 nitrogen and oxygen atoms in total. The van der Waals surface area contributed by atoms with Crippen LogP contribution in [0, 0.1) is 0 Å². The van der Waals surface area contributed by atoms with Crippen LogP contribution >= 0.6 is 24.8 Å². The van der Waals surface area contributed by atoms with Crippen molar-refractivity contribution in [1.82, 2.24) is 30.4 Å². The minimum Gasteiger partial charge on any atom is -0.350 e. The summed E-state index contributed by atoms with van der Waals surface area (Å²) >= 11 is 0. The number of para-hydroxylation sites is 2. The largest absolute Gasteiger partial charge is 0.350 e. The number of hydrogen-bond acceptors (Lipinski definition) is 5. The molecular weight excluding hydrogens is 415 g/mol. The van der Waals surface area contributed by atoms with Crippen molar-refractivity contribution in [1.29, 1.82) is 0 Å². The zero-order chi connectivity index (χ0) is 18.6. The maximum absolute atomic E-state index is 12.2. The van der Waals surface area contributed by atoms with Crippen molar-refractivity contribution in [2.24, 2.45) is 0 Å². The molecular formula is C19H24Cl2N6O2. The van der Waals surface area contributed by atoms with E-state index in [0.717, 1.165) is 43.0 Å². The monoisotopic (exact) mass is 438 g/mol. The highest BCUT2D eigenvalue weighted by Crippen LogP contribution is 2.09. The van der Waals surface area contributed by atoms with Crippen LogP contribution in [-0.2, 0) is 30.8 Å². The van der Waals surface area contributed by atoms with Crippen LogP contribution in [0.5, 0.6) is 0 Å². The molecule has 1 amide bonds. The van der Waals surface area contributed by atoms with E-state index in [1.165, 1.54) is 0 Å². The van der Waals surface area contributed by atoms with E-state index < -0.39 is 0 Å². The quantitative estimate of drug-likeness (QED) is 0.562. The van der Waals surface area contributed by atoms with E-state index in [2.05, 4.69) is 25.7 Å². The van der Waals surface area contributed by atoms with Gasteiger partial charge in [-0.1, -0.05) is 12.1 Å². The van der Waals surface area contributed by atoms with Gasteiger partial charge in [0.2, 0.25) is 5.91 Å². The molecule has 1 aromatic carbocycles. The van der Waals surface area contributed by atoms with Crippen molar-refractivity contribution in [3.63, 3.8) is 0 Å². The molecule has 3 aromatic rings. The van der Waals surface area contributed by atoms with E-state index >= 15 is 0 Å². The molecule has 29 heavy (non-hydrogen) atoms. The number of aromatic amines is 1. The molecule has 0 spiro atoms. The third-order valence-electron chi connectivity index (χ3n) is 4.67. The Bertz CT molecular complexity index is 1010. The van der Waals surface area contributed by atoms with Crippen LogP contribution in [0.4, 0.5) is 0 Å². The Morgan fingerprint density at radius 1 is 1.24 bits per heavy atom. The fraction of sp³-hybridized carbons (Fsp3) is 0.368. The Kier molecular flexibility index (Phi) is 8.19. The van der Waals surface area contributed by atoms with Gasteiger partial charge >= 0.3 is 0 Å². The van der Waals surface area contributed by atoms with E-state index in [0.29, 0.717) is 24.2 Å². The molecule has 0 fully saturated rings. The van der Waals surface area contributed by atoms with Crippen molar-refractivity contribution < 1.29 is 4.79 Å². The third kappa shape index (κ3) is 5.56. The van der Waals surface area contributed by atoms with Gasteiger partial charge in [0.1, 0.15) is 5.69 Å². The van der Waals surface area contributed by atoms with Crippen molar-refractivity contribution in [2.45, 2.75) is 38.9 Å². The first-order valence-corrected chi connectivity index (χ1v) is 9.20. The summed E-state index contributed by atoms with van der Waals surface area (Å²) in [6.07, 6.45) is 1.56. The predicted octanol–water partition coefficient (Wildman–Crippen LogP) is 1.71. The van der Waals surface area contributed by atoms with Crippen LogP contribution in [0.25, 0.3) is 11.0 Å². The first kappa shape index (κ1) is 22.9. The van der Waals surface area contributed by atoms with Gasteiger partial charge in [0.25, 0.3) is 5.56 Å². The van der Waals surface area contributed by atoms with Gasteiger partial charge in [-0.25, -0.2) is 4.98 Å². The number of nitrogens with zero attached hydrogens (tertiary/aromatic N) is 3. The van der Waals surface area contributed by atoms with E-state index in [1.807, 2.05) is 35.0 Å². The molecule has 0 saturated carbocycles.